The van der Waals surface area contributed by atoms with Crippen molar-refractivity contribution in [2.75, 3.05) is 6.61 Å². The van der Waals surface area contributed by atoms with Crippen molar-refractivity contribution in [1.82, 2.24) is 15.1 Å². The zero-order valence-corrected chi connectivity index (χ0v) is 17.0. The van der Waals surface area contributed by atoms with Crippen molar-refractivity contribution >= 4 is 23.5 Å². The molecule has 1 aromatic carbocycles. The number of aryl methyl sites for hydroxylation is 2. The van der Waals surface area contributed by atoms with Crippen molar-refractivity contribution in [2.45, 2.75) is 53.1 Å². The van der Waals surface area contributed by atoms with Crippen LogP contribution in [0.1, 0.15) is 53.9 Å². The lowest BCUT2D eigenvalue weighted by molar-refractivity contribution is -0.125. The lowest BCUT2D eigenvalue weighted by Crippen LogP contribution is -2.36. The summed E-state index contributed by atoms with van der Waals surface area (Å²) >= 11 is 6.35. The van der Waals surface area contributed by atoms with E-state index in [2.05, 4.69) is 10.4 Å². The van der Waals surface area contributed by atoms with Gasteiger partial charge in [-0.1, -0.05) is 55.3 Å². The molecule has 0 saturated carbocycles. The molecular formula is C20H26ClN3O3. The van der Waals surface area contributed by atoms with Crippen LogP contribution in [0.15, 0.2) is 24.3 Å². The Morgan fingerprint density at radius 3 is 2.41 bits per heavy atom. The number of benzene rings is 1. The molecule has 0 saturated heterocycles. The molecule has 146 valence electrons. The summed E-state index contributed by atoms with van der Waals surface area (Å²) in [5.41, 5.74) is 2.85. The van der Waals surface area contributed by atoms with E-state index < -0.39 is 5.97 Å². The predicted octanol–water partition coefficient (Wildman–Crippen LogP) is 3.66. The Labute approximate surface area is 164 Å². The molecule has 1 heterocycles. The van der Waals surface area contributed by atoms with Gasteiger partial charge in [0.15, 0.2) is 6.61 Å². The fourth-order valence-electron chi connectivity index (χ4n) is 2.72. The SMILES string of the molecule is CCC(CC)NC(=O)COC(=O)c1c(C)nn(Cc2ccc(C)cc2)c1Cl. The van der Waals surface area contributed by atoms with Gasteiger partial charge in [-0.15, -0.1) is 0 Å². The maximum Gasteiger partial charge on any atom is 0.343 e. The quantitative estimate of drug-likeness (QED) is 0.697. The minimum atomic E-state index is -0.646. The number of aromatic nitrogens is 2. The molecule has 27 heavy (non-hydrogen) atoms. The van der Waals surface area contributed by atoms with E-state index in [9.17, 15) is 9.59 Å². The van der Waals surface area contributed by atoms with Crippen molar-refractivity contribution < 1.29 is 14.3 Å². The number of amides is 1. The molecule has 0 aliphatic carbocycles. The Kier molecular flexibility index (Phi) is 7.42. The zero-order chi connectivity index (χ0) is 20.0. The zero-order valence-electron chi connectivity index (χ0n) is 16.2. The molecule has 6 nitrogen and oxygen atoms in total. The molecule has 0 radical (unpaired) electrons. The standard InChI is InChI=1S/C20H26ClN3O3/c1-5-16(6-2)22-17(25)12-27-20(26)18-14(4)23-24(19(18)21)11-15-9-7-13(3)8-10-15/h7-10,16H,5-6,11-12H2,1-4H3,(H,22,25). The third-order valence-corrected chi connectivity index (χ3v) is 4.79. The molecule has 0 aliphatic rings. The highest BCUT2D eigenvalue weighted by molar-refractivity contribution is 6.32. The highest BCUT2D eigenvalue weighted by Crippen LogP contribution is 2.22. The molecule has 1 amide bonds. The van der Waals surface area contributed by atoms with Gasteiger partial charge in [-0.25, -0.2) is 9.48 Å². The highest BCUT2D eigenvalue weighted by atomic mass is 35.5. The fourth-order valence-corrected chi connectivity index (χ4v) is 3.03. The third-order valence-electron chi connectivity index (χ3n) is 4.41. The number of rotatable bonds is 8. The van der Waals surface area contributed by atoms with Crippen LogP contribution in [0.2, 0.25) is 5.15 Å². The normalized spacial score (nSPS) is 10.9. The summed E-state index contributed by atoms with van der Waals surface area (Å²) in [5, 5.41) is 7.37. The number of nitrogens with one attached hydrogen (secondary N) is 1. The first-order chi connectivity index (χ1) is 12.8. The van der Waals surface area contributed by atoms with Crippen molar-refractivity contribution in [3.8, 4) is 0 Å². The Morgan fingerprint density at radius 2 is 1.81 bits per heavy atom. The van der Waals surface area contributed by atoms with E-state index in [-0.39, 0.29) is 29.3 Å². The van der Waals surface area contributed by atoms with E-state index >= 15 is 0 Å². The van der Waals surface area contributed by atoms with Gasteiger partial charge < -0.3 is 10.1 Å². The summed E-state index contributed by atoms with van der Waals surface area (Å²) in [4.78, 5) is 24.3. The van der Waals surface area contributed by atoms with Crippen LogP contribution in [0, 0.1) is 13.8 Å². The van der Waals surface area contributed by atoms with Gasteiger partial charge in [0.2, 0.25) is 0 Å². The maximum absolute atomic E-state index is 12.4. The average Bonchev–Trinajstić information content (AvgIpc) is 2.93. The van der Waals surface area contributed by atoms with Gasteiger partial charge in [0, 0.05) is 6.04 Å². The maximum atomic E-state index is 12.4. The molecule has 0 fully saturated rings. The van der Waals surface area contributed by atoms with E-state index in [1.807, 2.05) is 45.0 Å². The second-order valence-electron chi connectivity index (χ2n) is 6.55. The summed E-state index contributed by atoms with van der Waals surface area (Å²) in [6.45, 7) is 7.80. The van der Waals surface area contributed by atoms with Crippen LogP contribution in [0.3, 0.4) is 0 Å². The van der Waals surface area contributed by atoms with E-state index in [4.69, 9.17) is 16.3 Å². The van der Waals surface area contributed by atoms with Crippen molar-refractivity contribution in [3.05, 3.63) is 51.8 Å². The molecule has 0 spiro atoms. The van der Waals surface area contributed by atoms with Crippen LogP contribution in [0.25, 0.3) is 0 Å². The van der Waals surface area contributed by atoms with Gasteiger partial charge in [-0.05, 0) is 32.3 Å². The van der Waals surface area contributed by atoms with Crippen molar-refractivity contribution in [1.29, 1.82) is 0 Å². The second kappa shape index (κ2) is 9.55. The first-order valence-corrected chi connectivity index (χ1v) is 9.48. The predicted molar refractivity (Wildman–Crippen MR) is 105 cm³/mol. The van der Waals surface area contributed by atoms with Crippen LogP contribution < -0.4 is 5.32 Å². The van der Waals surface area contributed by atoms with Crippen molar-refractivity contribution in [3.63, 3.8) is 0 Å². The molecular weight excluding hydrogens is 366 g/mol. The lowest BCUT2D eigenvalue weighted by Gasteiger charge is -2.14. The van der Waals surface area contributed by atoms with Crippen LogP contribution in [0.5, 0.6) is 0 Å². The van der Waals surface area contributed by atoms with Gasteiger partial charge in [0.05, 0.1) is 12.2 Å². The Hall–Kier alpha value is -2.34. The summed E-state index contributed by atoms with van der Waals surface area (Å²) in [6, 6.07) is 8.07. The minimum absolute atomic E-state index is 0.0822. The minimum Gasteiger partial charge on any atom is -0.452 e. The highest BCUT2D eigenvalue weighted by Gasteiger charge is 2.22. The molecule has 0 atom stereocenters. The number of nitrogens with zero attached hydrogens (tertiary/aromatic N) is 2. The Bertz CT molecular complexity index is 796. The smallest absolute Gasteiger partial charge is 0.343 e. The summed E-state index contributed by atoms with van der Waals surface area (Å²) in [7, 11) is 0. The summed E-state index contributed by atoms with van der Waals surface area (Å²) < 4.78 is 6.69. The molecule has 0 unspecified atom stereocenters. The first-order valence-electron chi connectivity index (χ1n) is 9.10. The molecule has 7 heteroatoms. The Morgan fingerprint density at radius 1 is 1.19 bits per heavy atom. The summed E-state index contributed by atoms with van der Waals surface area (Å²) in [6.07, 6.45) is 1.65. The topological polar surface area (TPSA) is 73.2 Å². The largest absolute Gasteiger partial charge is 0.452 e. The number of ether oxygens (including phenoxy) is 1. The van der Waals surface area contributed by atoms with Crippen LogP contribution in [-0.4, -0.2) is 34.3 Å². The number of carbonyl (C=O) groups is 2. The number of esters is 1. The van der Waals surface area contributed by atoms with Crippen molar-refractivity contribution in [2.24, 2.45) is 0 Å². The second-order valence-corrected chi connectivity index (χ2v) is 6.91. The van der Waals surface area contributed by atoms with Gasteiger partial charge in [-0.2, -0.15) is 5.10 Å². The van der Waals surface area contributed by atoms with Crippen LogP contribution >= 0.6 is 11.6 Å². The van der Waals surface area contributed by atoms with Crippen LogP contribution in [0.4, 0.5) is 0 Å². The molecule has 0 bridgehead atoms. The number of carbonyl (C=O) groups excluding carboxylic acids is 2. The third kappa shape index (κ3) is 5.57. The van der Waals surface area contributed by atoms with Crippen LogP contribution in [-0.2, 0) is 16.1 Å². The first kappa shape index (κ1) is 21.0. The van der Waals surface area contributed by atoms with Gasteiger partial charge in [0.1, 0.15) is 10.7 Å². The number of hydrogen-bond acceptors (Lipinski definition) is 4. The number of halogens is 1. The molecule has 2 aromatic rings. The molecule has 1 N–H and O–H groups in total. The number of hydrogen-bond donors (Lipinski definition) is 1. The summed E-state index contributed by atoms with van der Waals surface area (Å²) in [5.74, 6) is -0.967. The monoisotopic (exact) mass is 391 g/mol. The van der Waals surface area contributed by atoms with Gasteiger partial charge >= 0.3 is 5.97 Å². The average molecular weight is 392 g/mol. The fraction of sp³-hybridized carbons (Fsp3) is 0.450. The van der Waals surface area contributed by atoms with E-state index in [1.165, 1.54) is 0 Å². The molecule has 0 aliphatic heterocycles. The molecule has 1 aromatic heterocycles. The Balaban J connectivity index is 2.03. The van der Waals surface area contributed by atoms with E-state index in [0.29, 0.717) is 12.2 Å². The van der Waals surface area contributed by atoms with E-state index in [1.54, 1.807) is 11.6 Å². The van der Waals surface area contributed by atoms with Gasteiger partial charge in [0.25, 0.3) is 5.91 Å². The molecule has 2 rings (SSSR count). The van der Waals surface area contributed by atoms with Gasteiger partial charge in [-0.3, -0.25) is 4.79 Å². The van der Waals surface area contributed by atoms with E-state index in [0.717, 1.165) is 24.0 Å². The lowest BCUT2D eigenvalue weighted by atomic mass is 10.1.